The van der Waals surface area contributed by atoms with E-state index in [-0.39, 0.29) is 0 Å². The third-order valence-corrected chi connectivity index (χ3v) is 4.79. The van der Waals surface area contributed by atoms with E-state index in [0.29, 0.717) is 11.6 Å². The lowest BCUT2D eigenvalue weighted by Crippen LogP contribution is -2.35. The summed E-state index contributed by atoms with van der Waals surface area (Å²) in [5.41, 5.74) is 3.21. The maximum atomic E-state index is 13.2. The van der Waals surface area contributed by atoms with Crippen molar-refractivity contribution in [2.24, 2.45) is 0 Å². The summed E-state index contributed by atoms with van der Waals surface area (Å²) in [7, 11) is 0. The van der Waals surface area contributed by atoms with E-state index in [1.165, 1.54) is 12.3 Å². The Morgan fingerprint density at radius 2 is 2.00 bits per heavy atom. The van der Waals surface area contributed by atoms with Crippen LogP contribution >= 0.6 is 0 Å². The van der Waals surface area contributed by atoms with E-state index in [1.54, 1.807) is 12.3 Å². The van der Waals surface area contributed by atoms with E-state index in [0.717, 1.165) is 42.7 Å². The normalized spacial score (nSPS) is 15.0. The van der Waals surface area contributed by atoms with E-state index in [4.69, 9.17) is 0 Å². The molecule has 130 valence electrons. The maximum Gasteiger partial charge on any atom is 0.212 e. The van der Waals surface area contributed by atoms with Gasteiger partial charge in [0.2, 0.25) is 5.95 Å². The van der Waals surface area contributed by atoms with E-state index in [2.05, 4.69) is 26.3 Å². The van der Waals surface area contributed by atoms with Gasteiger partial charge in [0.15, 0.2) is 0 Å². The number of nitriles is 1. The van der Waals surface area contributed by atoms with E-state index < -0.39 is 5.95 Å². The minimum absolute atomic E-state index is 0.318. The van der Waals surface area contributed by atoms with Gasteiger partial charge in [-0.2, -0.15) is 9.65 Å². The number of hydrogen-bond acceptors (Lipinski definition) is 5. The summed E-state index contributed by atoms with van der Waals surface area (Å²) in [5, 5.41) is 17.6. The van der Waals surface area contributed by atoms with Crippen LogP contribution in [0.2, 0.25) is 0 Å². The molecule has 3 heterocycles. The number of nitrogens with zero attached hydrogens (tertiary/aromatic N) is 6. The van der Waals surface area contributed by atoms with Gasteiger partial charge in [0, 0.05) is 36.6 Å². The first kappa shape index (κ1) is 16.2. The topological polar surface area (TPSA) is 70.6 Å². The van der Waals surface area contributed by atoms with Crippen molar-refractivity contribution in [1.82, 2.24) is 20.0 Å². The number of piperidine rings is 1. The predicted octanol–water partition coefficient (Wildman–Crippen LogP) is 3.19. The van der Waals surface area contributed by atoms with Gasteiger partial charge >= 0.3 is 0 Å². The van der Waals surface area contributed by atoms with Crippen molar-refractivity contribution in [2.75, 3.05) is 18.0 Å². The van der Waals surface area contributed by atoms with Gasteiger partial charge in [0.25, 0.3) is 0 Å². The number of rotatable bonds is 3. The van der Waals surface area contributed by atoms with Gasteiger partial charge in [0.1, 0.15) is 6.07 Å². The molecule has 0 bridgehead atoms. The summed E-state index contributed by atoms with van der Waals surface area (Å²) in [6.45, 7) is 1.62. The molecule has 1 aromatic carbocycles. The molecular formula is C19H17FN6. The van der Waals surface area contributed by atoms with E-state index >= 15 is 0 Å². The monoisotopic (exact) mass is 348 g/mol. The number of hydrogen-bond donors (Lipinski definition) is 0. The molecule has 4 rings (SSSR count). The Morgan fingerprint density at radius 1 is 1.15 bits per heavy atom. The molecule has 0 aliphatic carbocycles. The molecule has 0 spiro atoms. The first-order chi connectivity index (χ1) is 12.8. The van der Waals surface area contributed by atoms with Gasteiger partial charge in [-0.25, -0.2) is 9.67 Å². The highest BCUT2D eigenvalue weighted by Gasteiger charge is 2.25. The molecule has 0 unspecified atom stereocenters. The van der Waals surface area contributed by atoms with Gasteiger partial charge in [-0.15, -0.1) is 5.10 Å². The zero-order valence-corrected chi connectivity index (χ0v) is 14.1. The SMILES string of the molecule is N#Cc1cccc(-c2ccc(F)nc2)c1N1CCC(n2ccnn2)CC1. The minimum Gasteiger partial charge on any atom is -0.370 e. The van der Waals surface area contributed by atoms with E-state index in [1.807, 2.05) is 29.1 Å². The summed E-state index contributed by atoms with van der Waals surface area (Å²) in [6, 6.07) is 11.3. The zero-order valence-electron chi connectivity index (χ0n) is 14.1. The van der Waals surface area contributed by atoms with Crippen molar-refractivity contribution >= 4 is 5.69 Å². The number of aromatic nitrogens is 4. The lowest BCUT2D eigenvalue weighted by Gasteiger charge is -2.35. The van der Waals surface area contributed by atoms with Gasteiger partial charge < -0.3 is 4.90 Å². The molecule has 26 heavy (non-hydrogen) atoms. The molecule has 7 heteroatoms. The number of anilines is 1. The second-order valence-electron chi connectivity index (χ2n) is 6.28. The zero-order chi connectivity index (χ0) is 17.9. The van der Waals surface area contributed by atoms with Crippen molar-refractivity contribution in [3.8, 4) is 17.2 Å². The van der Waals surface area contributed by atoms with Crippen LogP contribution in [-0.4, -0.2) is 33.1 Å². The Labute approximate surface area is 150 Å². The van der Waals surface area contributed by atoms with Crippen molar-refractivity contribution in [1.29, 1.82) is 5.26 Å². The number of halogens is 1. The molecule has 1 aliphatic heterocycles. The highest BCUT2D eigenvalue weighted by molar-refractivity contribution is 5.82. The average molecular weight is 348 g/mol. The molecule has 3 aromatic rings. The minimum atomic E-state index is -0.514. The Kier molecular flexibility index (Phi) is 4.32. The number of benzene rings is 1. The molecule has 1 aliphatic rings. The molecule has 0 saturated carbocycles. The summed E-state index contributed by atoms with van der Waals surface area (Å²) < 4.78 is 15.1. The molecule has 0 N–H and O–H groups in total. The third kappa shape index (κ3) is 3.02. The molecular weight excluding hydrogens is 331 g/mol. The fraction of sp³-hybridized carbons (Fsp3) is 0.263. The van der Waals surface area contributed by atoms with Crippen LogP contribution in [0.3, 0.4) is 0 Å². The maximum absolute atomic E-state index is 13.2. The summed E-state index contributed by atoms with van der Waals surface area (Å²) in [6.07, 6.45) is 6.93. The smallest absolute Gasteiger partial charge is 0.212 e. The summed E-state index contributed by atoms with van der Waals surface area (Å²) in [5.74, 6) is -0.514. The highest BCUT2D eigenvalue weighted by atomic mass is 19.1. The fourth-order valence-electron chi connectivity index (χ4n) is 3.51. The molecule has 6 nitrogen and oxygen atoms in total. The van der Waals surface area contributed by atoms with Crippen LogP contribution in [0.4, 0.5) is 10.1 Å². The van der Waals surface area contributed by atoms with Gasteiger partial charge in [-0.05, 0) is 31.0 Å². The van der Waals surface area contributed by atoms with Crippen LogP contribution in [0.5, 0.6) is 0 Å². The molecule has 0 radical (unpaired) electrons. The molecule has 1 fully saturated rings. The van der Waals surface area contributed by atoms with E-state index in [9.17, 15) is 9.65 Å². The lowest BCUT2D eigenvalue weighted by atomic mass is 9.97. The van der Waals surface area contributed by atoms with Crippen LogP contribution in [0, 0.1) is 17.3 Å². The van der Waals surface area contributed by atoms with Gasteiger partial charge in [-0.3, -0.25) is 0 Å². The quantitative estimate of drug-likeness (QED) is 0.680. The Balaban J connectivity index is 1.66. The molecule has 0 amide bonds. The van der Waals surface area contributed by atoms with Crippen LogP contribution in [0.25, 0.3) is 11.1 Å². The summed E-state index contributed by atoms with van der Waals surface area (Å²) in [4.78, 5) is 5.98. The van der Waals surface area contributed by atoms with Gasteiger partial charge in [-0.1, -0.05) is 17.3 Å². The number of pyridine rings is 1. The average Bonchev–Trinajstić information content (AvgIpc) is 3.23. The van der Waals surface area contributed by atoms with Crippen molar-refractivity contribution in [3.63, 3.8) is 0 Å². The van der Waals surface area contributed by atoms with Crippen LogP contribution in [0.15, 0.2) is 48.9 Å². The second kappa shape index (κ2) is 6.92. The lowest BCUT2D eigenvalue weighted by molar-refractivity contribution is 0.360. The standard InChI is InChI=1S/C19H17FN6/c20-18-5-4-15(13-22-18)17-3-1-2-14(12-21)19(17)25-9-6-16(7-10-25)26-11-8-23-24-26/h1-5,8,11,13,16H,6-7,9-10H2. The fourth-order valence-corrected chi connectivity index (χ4v) is 3.51. The Morgan fingerprint density at radius 3 is 2.65 bits per heavy atom. The third-order valence-electron chi connectivity index (χ3n) is 4.79. The van der Waals surface area contributed by atoms with Crippen LogP contribution in [0.1, 0.15) is 24.4 Å². The second-order valence-corrected chi connectivity index (χ2v) is 6.28. The van der Waals surface area contributed by atoms with Crippen molar-refractivity contribution in [3.05, 3.63) is 60.4 Å². The molecule has 0 atom stereocenters. The Bertz CT molecular complexity index is 922. The summed E-state index contributed by atoms with van der Waals surface area (Å²) >= 11 is 0. The first-order valence-corrected chi connectivity index (χ1v) is 8.52. The molecule has 1 saturated heterocycles. The van der Waals surface area contributed by atoms with Crippen molar-refractivity contribution in [2.45, 2.75) is 18.9 Å². The van der Waals surface area contributed by atoms with Gasteiger partial charge in [0.05, 0.1) is 23.5 Å². The van der Waals surface area contributed by atoms with Crippen LogP contribution in [-0.2, 0) is 0 Å². The van der Waals surface area contributed by atoms with Crippen molar-refractivity contribution < 1.29 is 4.39 Å². The number of para-hydroxylation sites is 1. The molecule has 2 aromatic heterocycles. The van der Waals surface area contributed by atoms with Crippen LogP contribution < -0.4 is 4.90 Å². The predicted molar refractivity (Wildman–Crippen MR) is 94.9 cm³/mol. The first-order valence-electron chi connectivity index (χ1n) is 8.52. The Hall–Kier alpha value is -3.27. The largest absolute Gasteiger partial charge is 0.370 e. The highest BCUT2D eigenvalue weighted by Crippen LogP contribution is 2.36.